The van der Waals surface area contributed by atoms with Crippen LogP contribution in [0.4, 0.5) is 0 Å². The highest BCUT2D eigenvalue weighted by Crippen LogP contribution is 2.44. The van der Waals surface area contributed by atoms with E-state index in [1.54, 1.807) is 0 Å². The lowest BCUT2D eigenvalue weighted by Gasteiger charge is -2.20. The minimum Gasteiger partial charge on any atom is -0.370 e. The van der Waals surface area contributed by atoms with Crippen molar-refractivity contribution in [1.82, 2.24) is 5.32 Å². The fourth-order valence-corrected chi connectivity index (χ4v) is 5.09. The lowest BCUT2D eigenvalue weighted by Crippen LogP contribution is -2.31. The third-order valence-corrected chi connectivity index (χ3v) is 6.60. The quantitative estimate of drug-likeness (QED) is 0.577. The first kappa shape index (κ1) is 16.9. The third-order valence-electron chi connectivity index (χ3n) is 5.50. The van der Waals surface area contributed by atoms with Gasteiger partial charge in [-0.25, -0.2) is 0 Å². The molecule has 0 unspecified atom stereocenters. The van der Waals surface area contributed by atoms with E-state index in [9.17, 15) is 0 Å². The van der Waals surface area contributed by atoms with Crippen LogP contribution in [0, 0.1) is 0 Å². The van der Waals surface area contributed by atoms with Crippen LogP contribution in [-0.4, -0.2) is 18.9 Å². The van der Waals surface area contributed by atoms with Gasteiger partial charge in [0.2, 0.25) is 0 Å². The molecule has 1 heterocycles. The molecule has 2 aliphatic rings. The molecule has 3 heteroatoms. The van der Waals surface area contributed by atoms with Gasteiger partial charge in [0.1, 0.15) is 5.84 Å². The van der Waals surface area contributed by atoms with E-state index in [1.807, 2.05) is 11.8 Å². The summed E-state index contributed by atoms with van der Waals surface area (Å²) in [5.41, 5.74) is 4.33. The number of benzene rings is 3. The van der Waals surface area contributed by atoms with Gasteiger partial charge in [-0.15, -0.1) is 11.8 Å². The molecule has 136 valence electrons. The van der Waals surface area contributed by atoms with Crippen LogP contribution < -0.4 is 5.32 Å². The van der Waals surface area contributed by atoms with Gasteiger partial charge in [0.25, 0.3) is 0 Å². The summed E-state index contributed by atoms with van der Waals surface area (Å²) in [6.45, 7) is 1.97. The molecular formula is C24H24N2S. The predicted octanol–water partition coefficient (Wildman–Crippen LogP) is 5.75. The Kier molecular flexibility index (Phi) is 4.62. The molecule has 5 rings (SSSR count). The van der Waals surface area contributed by atoms with Crippen LogP contribution in [0.3, 0.4) is 0 Å². The number of nitrogens with one attached hydrogen (secondary N) is 1. The average molecular weight is 373 g/mol. The highest BCUT2D eigenvalue weighted by atomic mass is 32.2. The smallest absolute Gasteiger partial charge is 0.128 e. The van der Waals surface area contributed by atoms with Gasteiger partial charge < -0.3 is 5.32 Å². The SMILES string of the molecule is c1cc(C2=NCCCN2)c(CSc2cccc3ccccc23)c(C2CC2)c1. The summed E-state index contributed by atoms with van der Waals surface area (Å²) >= 11 is 1.96. The van der Waals surface area contributed by atoms with Crippen molar-refractivity contribution in [3.63, 3.8) is 0 Å². The van der Waals surface area contributed by atoms with Gasteiger partial charge >= 0.3 is 0 Å². The number of aliphatic imine (C=N–C) groups is 1. The second-order valence-corrected chi connectivity index (χ2v) is 8.44. The maximum atomic E-state index is 4.78. The molecule has 0 radical (unpaired) electrons. The van der Waals surface area contributed by atoms with Crippen molar-refractivity contribution in [2.45, 2.75) is 35.8 Å². The van der Waals surface area contributed by atoms with E-state index in [0.717, 1.165) is 37.0 Å². The fraction of sp³-hybridized carbons (Fsp3) is 0.292. The number of hydrogen-bond donors (Lipinski definition) is 1. The monoisotopic (exact) mass is 372 g/mol. The Bertz CT molecular complexity index is 999. The Morgan fingerprint density at radius 3 is 2.67 bits per heavy atom. The first-order valence-corrected chi connectivity index (χ1v) is 10.9. The Morgan fingerprint density at radius 1 is 0.963 bits per heavy atom. The number of thioether (sulfide) groups is 1. The van der Waals surface area contributed by atoms with Crippen LogP contribution in [0.5, 0.6) is 0 Å². The molecule has 0 bridgehead atoms. The Hall–Kier alpha value is -2.26. The van der Waals surface area contributed by atoms with Gasteiger partial charge in [-0.1, -0.05) is 54.6 Å². The van der Waals surface area contributed by atoms with Gasteiger partial charge in [-0.2, -0.15) is 0 Å². The maximum Gasteiger partial charge on any atom is 0.128 e. The van der Waals surface area contributed by atoms with Crippen molar-refractivity contribution in [3.05, 3.63) is 77.4 Å². The Labute approximate surface area is 165 Å². The molecule has 0 spiro atoms. The second kappa shape index (κ2) is 7.40. The number of amidine groups is 1. The molecule has 1 fully saturated rings. The molecule has 1 aliphatic carbocycles. The van der Waals surface area contributed by atoms with E-state index >= 15 is 0 Å². The zero-order valence-corrected chi connectivity index (χ0v) is 16.3. The average Bonchev–Trinajstić information content (AvgIpc) is 3.58. The highest BCUT2D eigenvalue weighted by Gasteiger charge is 2.28. The zero-order valence-electron chi connectivity index (χ0n) is 15.4. The topological polar surface area (TPSA) is 24.4 Å². The molecule has 1 aliphatic heterocycles. The van der Waals surface area contributed by atoms with Crippen molar-refractivity contribution in [2.24, 2.45) is 4.99 Å². The summed E-state index contributed by atoms with van der Waals surface area (Å²) < 4.78 is 0. The lowest BCUT2D eigenvalue weighted by atomic mass is 9.98. The molecule has 3 aromatic carbocycles. The molecule has 3 aromatic rings. The molecule has 27 heavy (non-hydrogen) atoms. The molecule has 2 nitrogen and oxygen atoms in total. The van der Waals surface area contributed by atoms with Crippen LogP contribution >= 0.6 is 11.8 Å². The van der Waals surface area contributed by atoms with E-state index < -0.39 is 0 Å². The van der Waals surface area contributed by atoms with Crippen molar-refractivity contribution in [1.29, 1.82) is 0 Å². The summed E-state index contributed by atoms with van der Waals surface area (Å²) in [6, 6.07) is 22.1. The van der Waals surface area contributed by atoms with Gasteiger partial charge in [0.05, 0.1) is 0 Å². The third kappa shape index (κ3) is 3.49. The van der Waals surface area contributed by atoms with E-state index in [1.165, 1.54) is 45.2 Å². The molecule has 1 N–H and O–H groups in total. The first-order chi connectivity index (χ1) is 13.4. The molecule has 0 atom stereocenters. The number of rotatable bonds is 5. The van der Waals surface area contributed by atoms with Crippen LogP contribution in [-0.2, 0) is 5.75 Å². The molecule has 0 saturated heterocycles. The highest BCUT2D eigenvalue weighted by molar-refractivity contribution is 7.98. The summed E-state index contributed by atoms with van der Waals surface area (Å²) in [7, 11) is 0. The number of hydrogen-bond acceptors (Lipinski definition) is 3. The zero-order chi connectivity index (χ0) is 18.1. The summed E-state index contributed by atoms with van der Waals surface area (Å²) in [5.74, 6) is 2.84. The number of nitrogens with zero attached hydrogens (tertiary/aromatic N) is 1. The van der Waals surface area contributed by atoms with E-state index in [0.29, 0.717) is 0 Å². The minimum atomic E-state index is 0.747. The molecule has 0 aromatic heterocycles. The van der Waals surface area contributed by atoms with E-state index in [-0.39, 0.29) is 0 Å². The Morgan fingerprint density at radius 2 is 1.81 bits per heavy atom. The maximum absolute atomic E-state index is 4.78. The van der Waals surface area contributed by atoms with E-state index in [4.69, 9.17) is 4.99 Å². The minimum absolute atomic E-state index is 0.747. The van der Waals surface area contributed by atoms with Crippen molar-refractivity contribution in [2.75, 3.05) is 13.1 Å². The van der Waals surface area contributed by atoms with Crippen LogP contribution in [0.15, 0.2) is 70.6 Å². The number of fused-ring (bicyclic) bond motifs is 1. The molecule has 1 saturated carbocycles. The second-order valence-electron chi connectivity index (χ2n) is 7.42. The van der Waals surface area contributed by atoms with Gasteiger partial charge in [0.15, 0.2) is 0 Å². The lowest BCUT2D eigenvalue weighted by molar-refractivity contribution is 0.742. The van der Waals surface area contributed by atoms with Crippen molar-refractivity contribution in [3.8, 4) is 0 Å². The predicted molar refractivity (Wildman–Crippen MR) is 116 cm³/mol. The van der Waals surface area contributed by atoms with Crippen molar-refractivity contribution < 1.29 is 0 Å². The van der Waals surface area contributed by atoms with Gasteiger partial charge in [-0.3, -0.25) is 4.99 Å². The Balaban J connectivity index is 1.51. The summed E-state index contributed by atoms with van der Waals surface area (Å²) in [5, 5.41) is 6.20. The molecule has 0 amide bonds. The molecular weight excluding hydrogens is 348 g/mol. The first-order valence-electron chi connectivity index (χ1n) is 9.91. The largest absolute Gasteiger partial charge is 0.370 e. The normalized spacial score (nSPS) is 16.8. The summed E-state index contributed by atoms with van der Waals surface area (Å²) in [4.78, 5) is 6.15. The van der Waals surface area contributed by atoms with Gasteiger partial charge in [-0.05, 0) is 53.1 Å². The standard InChI is InChI=1S/C24H24N2S/c1-2-8-20-17(6-1)7-3-11-23(20)27-16-22-19(18-12-13-18)9-4-10-21(22)24-25-14-5-15-26-24/h1-4,6-11,18H,5,12-16H2,(H,25,26). The van der Waals surface area contributed by atoms with Crippen molar-refractivity contribution >= 4 is 28.4 Å². The van der Waals surface area contributed by atoms with E-state index in [2.05, 4.69) is 66.0 Å². The van der Waals surface area contributed by atoms with Gasteiger partial charge in [0, 0.05) is 29.3 Å². The van der Waals surface area contributed by atoms with Crippen LogP contribution in [0.25, 0.3) is 10.8 Å². The van der Waals surface area contributed by atoms with Crippen LogP contribution in [0.2, 0.25) is 0 Å². The van der Waals surface area contributed by atoms with Crippen LogP contribution in [0.1, 0.15) is 41.9 Å². The fourth-order valence-electron chi connectivity index (χ4n) is 3.95. The summed E-state index contributed by atoms with van der Waals surface area (Å²) in [6.07, 6.45) is 3.79.